The summed E-state index contributed by atoms with van der Waals surface area (Å²) in [4.78, 5) is 13.3. The predicted molar refractivity (Wildman–Crippen MR) is 66.3 cm³/mol. The van der Waals surface area contributed by atoms with Crippen LogP contribution in [0.25, 0.3) is 0 Å². The number of nitrogens with zero attached hydrogens (tertiary/aromatic N) is 2. The fraction of sp³-hybridized carbons (Fsp3) is 0.273. The number of carbonyl (C=O) groups excluding carboxylic acids is 1. The van der Waals surface area contributed by atoms with Crippen molar-refractivity contribution in [1.82, 2.24) is 4.90 Å². The van der Waals surface area contributed by atoms with Gasteiger partial charge < -0.3 is 4.90 Å². The van der Waals surface area contributed by atoms with E-state index in [1.807, 2.05) is 6.07 Å². The van der Waals surface area contributed by atoms with Gasteiger partial charge in [0.1, 0.15) is 6.04 Å². The maximum absolute atomic E-state index is 11.9. The SMILES string of the molecule is CC(C#N)N(C)C(=O)c1ccc(Br)c(Cl)c1. The quantitative estimate of drug-likeness (QED) is 0.842. The molecule has 0 saturated heterocycles. The van der Waals surface area contributed by atoms with E-state index in [0.29, 0.717) is 10.6 Å². The highest BCUT2D eigenvalue weighted by molar-refractivity contribution is 9.10. The molecule has 3 nitrogen and oxygen atoms in total. The maximum Gasteiger partial charge on any atom is 0.254 e. The highest BCUT2D eigenvalue weighted by Gasteiger charge is 2.17. The Balaban J connectivity index is 2.98. The van der Waals surface area contributed by atoms with E-state index in [1.165, 1.54) is 4.90 Å². The number of hydrogen-bond acceptors (Lipinski definition) is 2. The van der Waals surface area contributed by atoms with Gasteiger partial charge >= 0.3 is 0 Å². The average molecular weight is 302 g/mol. The Morgan fingerprint density at radius 1 is 1.62 bits per heavy atom. The minimum absolute atomic E-state index is 0.219. The summed E-state index contributed by atoms with van der Waals surface area (Å²) >= 11 is 9.14. The molecule has 0 saturated carbocycles. The van der Waals surface area contributed by atoms with Crippen molar-refractivity contribution in [2.24, 2.45) is 0 Å². The zero-order valence-corrected chi connectivity index (χ0v) is 11.2. The molecule has 0 aliphatic carbocycles. The van der Waals surface area contributed by atoms with Gasteiger partial charge in [0, 0.05) is 17.1 Å². The Morgan fingerprint density at radius 3 is 2.75 bits per heavy atom. The molecule has 16 heavy (non-hydrogen) atoms. The summed E-state index contributed by atoms with van der Waals surface area (Å²) in [6.07, 6.45) is 0. The van der Waals surface area contributed by atoms with Crippen molar-refractivity contribution in [2.75, 3.05) is 7.05 Å². The number of amides is 1. The molecule has 5 heteroatoms. The predicted octanol–water partition coefficient (Wildman–Crippen LogP) is 3.09. The molecule has 1 aromatic rings. The number of halogens is 2. The Bertz CT molecular complexity index is 456. The zero-order chi connectivity index (χ0) is 12.3. The summed E-state index contributed by atoms with van der Waals surface area (Å²) in [5, 5.41) is 9.20. The van der Waals surface area contributed by atoms with Gasteiger partial charge in [0.25, 0.3) is 5.91 Å². The van der Waals surface area contributed by atoms with Crippen molar-refractivity contribution in [3.63, 3.8) is 0 Å². The van der Waals surface area contributed by atoms with Crippen LogP contribution in [0, 0.1) is 11.3 Å². The van der Waals surface area contributed by atoms with Crippen molar-refractivity contribution in [1.29, 1.82) is 5.26 Å². The third-order valence-corrected chi connectivity index (χ3v) is 3.49. The monoisotopic (exact) mass is 300 g/mol. The summed E-state index contributed by atoms with van der Waals surface area (Å²) in [6, 6.07) is 6.49. The van der Waals surface area contributed by atoms with Gasteiger partial charge in [-0.05, 0) is 41.1 Å². The Hall–Kier alpha value is -1.05. The lowest BCUT2D eigenvalue weighted by Gasteiger charge is -2.19. The van der Waals surface area contributed by atoms with Crippen LogP contribution in [0.2, 0.25) is 5.02 Å². The molecule has 0 aliphatic heterocycles. The first-order valence-corrected chi connectivity index (χ1v) is 5.76. The van der Waals surface area contributed by atoms with Crippen LogP contribution in [0.4, 0.5) is 0 Å². The Kier molecular flexibility index (Phi) is 4.34. The van der Waals surface area contributed by atoms with E-state index in [4.69, 9.17) is 16.9 Å². The molecule has 0 heterocycles. The van der Waals surface area contributed by atoms with E-state index in [9.17, 15) is 4.79 Å². The van der Waals surface area contributed by atoms with Gasteiger partial charge in [-0.25, -0.2) is 0 Å². The zero-order valence-electron chi connectivity index (χ0n) is 8.87. The molecule has 0 spiro atoms. The maximum atomic E-state index is 11.9. The van der Waals surface area contributed by atoms with Crippen LogP contribution in [0.3, 0.4) is 0 Å². The van der Waals surface area contributed by atoms with E-state index in [0.717, 1.165) is 4.47 Å². The van der Waals surface area contributed by atoms with E-state index in [1.54, 1.807) is 32.2 Å². The van der Waals surface area contributed by atoms with Crippen molar-refractivity contribution in [3.05, 3.63) is 33.3 Å². The summed E-state index contributed by atoms with van der Waals surface area (Å²) in [5.41, 5.74) is 0.470. The smallest absolute Gasteiger partial charge is 0.254 e. The second-order valence-corrected chi connectivity index (χ2v) is 4.61. The van der Waals surface area contributed by atoms with Gasteiger partial charge in [-0.15, -0.1) is 0 Å². The minimum atomic E-state index is -0.463. The summed E-state index contributed by atoms with van der Waals surface area (Å²) in [5.74, 6) is -0.219. The fourth-order valence-electron chi connectivity index (χ4n) is 1.10. The Labute approximate surface area is 108 Å². The van der Waals surface area contributed by atoms with E-state index < -0.39 is 6.04 Å². The second-order valence-electron chi connectivity index (χ2n) is 3.35. The summed E-state index contributed by atoms with van der Waals surface area (Å²) in [6.45, 7) is 1.67. The van der Waals surface area contributed by atoms with Gasteiger partial charge in [0.15, 0.2) is 0 Å². The van der Waals surface area contributed by atoms with Crippen LogP contribution in [-0.4, -0.2) is 23.9 Å². The fourth-order valence-corrected chi connectivity index (χ4v) is 1.52. The summed E-state index contributed by atoms with van der Waals surface area (Å²) < 4.78 is 0.738. The molecule has 1 unspecified atom stereocenters. The van der Waals surface area contributed by atoms with Gasteiger partial charge in [0.05, 0.1) is 11.1 Å². The number of benzene rings is 1. The first kappa shape index (κ1) is 13.0. The van der Waals surface area contributed by atoms with E-state index >= 15 is 0 Å². The van der Waals surface area contributed by atoms with Gasteiger partial charge in [0.2, 0.25) is 0 Å². The largest absolute Gasteiger partial charge is 0.326 e. The number of rotatable bonds is 2. The van der Waals surface area contributed by atoms with Crippen molar-refractivity contribution in [3.8, 4) is 6.07 Å². The molecule has 1 aromatic carbocycles. The topological polar surface area (TPSA) is 44.1 Å². The van der Waals surface area contributed by atoms with Gasteiger partial charge in [-0.2, -0.15) is 5.26 Å². The number of carbonyl (C=O) groups is 1. The van der Waals surface area contributed by atoms with Crippen LogP contribution in [-0.2, 0) is 0 Å². The first-order chi connectivity index (χ1) is 7.47. The highest BCUT2D eigenvalue weighted by atomic mass is 79.9. The molecule has 0 radical (unpaired) electrons. The molecule has 1 rings (SSSR count). The summed E-state index contributed by atoms with van der Waals surface area (Å²) in [7, 11) is 1.59. The van der Waals surface area contributed by atoms with Gasteiger partial charge in [-0.3, -0.25) is 4.79 Å². The van der Waals surface area contributed by atoms with Crippen LogP contribution in [0.5, 0.6) is 0 Å². The second kappa shape index (κ2) is 5.33. The highest BCUT2D eigenvalue weighted by Crippen LogP contribution is 2.23. The van der Waals surface area contributed by atoms with Crippen molar-refractivity contribution in [2.45, 2.75) is 13.0 Å². The lowest BCUT2D eigenvalue weighted by atomic mass is 10.2. The molecule has 0 aromatic heterocycles. The molecule has 0 aliphatic rings. The third-order valence-electron chi connectivity index (χ3n) is 2.25. The van der Waals surface area contributed by atoms with Gasteiger partial charge in [-0.1, -0.05) is 11.6 Å². The van der Waals surface area contributed by atoms with E-state index in [2.05, 4.69) is 15.9 Å². The molecule has 84 valence electrons. The normalized spacial score (nSPS) is 11.7. The molecule has 0 N–H and O–H groups in total. The number of nitriles is 1. The van der Waals surface area contributed by atoms with E-state index in [-0.39, 0.29) is 5.91 Å². The van der Waals surface area contributed by atoms with Crippen LogP contribution < -0.4 is 0 Å². The number of hydrogen-bond donors (Lipinski definition) is 0. The molecule has 1 atom stereocenters. The standard InChI is InChI=1S/C11H10BrClN2O/c1-7(6-14)15(2)11(16)8-3-4-9(12)10(13)5-8/h3-5,7H,1-2H3. The Morgan fingerprint density at radius 2 is 2.25 bits per heavy atom. The lowest BCUT2D eigenvalue weighted by Crippen LogP contribution is -2.34. The average Bonchev–Trinajstić information content (AvgIpc) is 2.29. The molecule has 0 bridgehead atoms. The molecule has 0 fully saturated rings. The molecular weight excluding hydrogens is 291 g/mol. The first-order valence-electron chi connectivity index (χ1n) is 4.59. The molecular formula is C11H10BrClN2O. The van der Waals surface area contributed by atoms with Crippen LogP contribution >= 0.6 is 27.5 Å². The van der Waals surface area contributed by atoms with Crippen molar-refractivity contribution >= 4 is 33.4 Å². The van der Waals surface area contributed by atoms with Crippen LogP contribution in [0.15, 0.2) is 22.7 Å². The third kappa shape index (κ3) is 2.75. The molecule has 1 amide bonds. The minimum Gasteiger partial charge on any atom is -0.326 e. The van der Waals surface area contributed by atoms with Crippen LogP contribution in [0.1, 0.15) is 17.3 Å². The van der Waals surface area contributed by atoms with Crippen molar-refractivity contribution < 1.29 is 4.79 Å². The lowest BCUT2D eigenvalue weighted by molar-refractivity contribution is 0.0773.